The first kappa shape index (κ1) is 10.9. The van der Waals surface area contributed by atoms with Gasteiger partial charge < -0.3 is 10.3 Å². The number of aromatic amines is 1. The van der Waals surface area contributed by atoms with E-state index in [4.69, 9.17) is 0 Å². The van der Waals surface area contributed by atoms with Crippen molar-refractivity contribution in [2.24, 2.45) is 0 Å². The molecule has 5 heteroatoms. The van der Waals surface area contributed by atoms with Crippen LogP contribution in [0.4, 0.5) is 0 Å². The summed E-state index contributed by atoms with van der Waals surface area (Å²) in [5.41, 5.74) is 3.07. The second kappa shape index (κ2) is 4.23. The van der Waals surface area contributed by atoms with Gasteiger partial charge >= 0.3 is 5.69 Å². The van der Waals surface area contributed by atoms with Crippen LogP contribution < -0.4 is 11.0 Å². The second-order valence-electron chi connectivity index (χ2n) is 4.87. The summed E-state index contributed by atoms with van der Waals surface area (Å²) in [7, 11) is 0. The molecular weight excluding hydrogens is 216 g/mol. The lowest BCUT2D eigenvalue weighted by atomic mass is 10.1. The van der Waals surface area contributed by atoms with Gasteiger partial charge in [-0.25, -0.2) is 4.79 Å². The fourth-order valence-corrected chi connectivity index (χ4v) is 3.06. The molecule has 1 aliphatic carbocycles. The third kappa shape index (κ3) is 1.89. The highest BCUT2D eigenvalue weighted by atomic mass is 16.1. The molecule has 92 valence electrons. The van der Waals surface area contributed by atoms with E-state index in [1.165, 1.54) is 5.56 Å². The fourth-order valence-electron chi connectivity index (χ4n) is 3.06. The van der Waals surface area contributed by atoms with E-state index in [1.54, 1.807) is 0 Å². The Morgan fingerprint density at radius 2 is 2.12 bits per heavy atom. The van der Waals surface area contributed by atoms with Gasteiger partial charge in [-0.05, 0) is 19.8 Å². The van der Waals surface area contributed by atoms with Crippen LogP contribution in [0, 0.1) is 6.92 Å². The van der Waals surface area contributed by atoms with Gasteiger partial charge in [0.1, 0.15) is 0 Å². The lowest BCUT2D eigenvalue weighted by Gasteiger charge is -2.33. The number of piperazine rings is 1. The van der Waals surface area contributed by atoms with Crippen LogP contribution in [-0.2, 0) is 6.42 Å². The number of H-pyrrole nitrogens is 1. The van der Waals surface area contributed by atoms with E-state index >= 15 is 0 Å². The SMILES string of the molecule is Cc1[nH]c(=O)nc2c1C(N1CCNCC1)CC2. The van der Waals surface area contributed by atoms with Crippen molar-refractivity contribution < 1.29 is 0 Å². The van der Waals surface area contributed by atoms with E-state index < -0.39 is 0 Å². The summed E-state index contributed by atoms with van der Waals surface area (Å²) in [4.78, 5) is 20.8. The monoisotopic (exact) mass is 234 g/mol. The molecule has 2 N–H and O–H groups in total. The molecule has 1 aliphatic heterocycles. The highest BCUT2D eigenvalue weighted by molar-refractivity contribution is 5.32. The third-order valence-corrected chi connectivity index (χ3v) is 3.83. The number of hydrogen-bond acceptors (Lipinski definition) is 4. The van der Waals surface area contributed by atoms with Crippen molar-refractivity contribution in [1.82, 2.24) is 20.2 Å². The van der Waals surface area contributed by atoms with Crippen molar-refractivity contribution in [3.8, 4) is 0 Å². The highest BCUT2D eigenvalue weighted by Crippen LogP contribution is 2.35. The van der Waals surface area contributed by atoms with Gasteiger partial charge in [-0.15, -0.1) is 0 Å². The molecule has 0 spiro atoms. The molecule has 1 fully saturated rings. The van der Waals surface area contributed by atoms with Gasteiger partial charge in [0.15, 0.2) is 0 Å². The molecular formula is C12H18N4O. The average Bonchev–Trinajstić information content (AvgIpc) is 2.74. The summed E-state index contributed by atoms with van der Waals surface area (Å²) in [6.07, 6.45) is 2.04. The minimum absolute atomic E-state index is 0.206. The molecule has 3 rings (SSSR count). The van der Waals surface area contributed by atoms with E-state index in [9.17, 15) is 4.79 Å². The Bertz CT molecular complexity index is 476. The van der Waals surface area contributed by atoms with Crippen LogP contribution in [0.15, 0.2) is 4.79 Å². The molecule has 17 heavy (non-hydrogen) atoms. The molecule has 0 radical (unpaired) electrons. The zero-order valence-electron chi connectivity index (χ0n) is 10.1. The number of rotatable bonds is 1. The smallest absolute Gasteiger partial charge is 0.314 e. The van der Waals surface area contributed by atoms with Crippen molar-refractivity contribution in [1.29, 1.82) is 0 Å². The summed E-state index contributed by atoms with van der Waals surface area (Å²) in [5.74, 6) is 0. The number of nitrogens with one attached hydrogen (secondary N) is 2. The number of nitrogens with zero attached hydrogens (tertiary/aromatic N) is 2. The zero-order valence-corrected chi connectivity index (χ0v) is 10.1. The second-order valence-corrected chi connectivity index (χ2v) is 4.87. The lowest BCUT2D eigenvalue weighted by molar-refractivity contribution is 0.173. The Morgan fingerprint density at radius 1 is 1.35 bits per heavy atom. The molecule has 2 heterocycles. The molecule has 5 nitrogen and oxygen atoms in total. The Kier molecular flexibility index (Phi) is 2.72. The predicted octanol–water partition coefficient (Wildman–Crippen LogP) is -0.0292. The van der Waals surface area contributed by atoms with Crippen LogP contribution in [0.25, 0.3) is 0 Å². The number of aryl methyl sites for hydroxylation is 2. The Hall–Kier alpha value is -1.20. The van der Waals surface area contributed by atoms with Gasteiger partial charge in [-0.3, -0.25) is 4.90 Å². The molecule has 1 unspecified atom stereocenters. The van der Waals surface area contributed by atoms with E-state index in [1.807, 2.05) is 6.92 Å². The Balaban J connectivity index is 1.94. The van der Waals surface area contributed by atoms with Crippen molar-refractivity contribution in [3.63, 3.8) is 0 Å². The topological polar surface area (TPSA) is 61.0 Å². The maximum absolute atomic E-state index is 11.3. The van der Waals surface area contributed by atoms with Crippen molar-refractivity contribution >= 4 is 0 Å². The van der Waals surface area contributed by atoms with E-state index in [0.717, 1.165) is 50.4 Å². The number of hydrogen-bond donors (Lipinski definition) is 2. The first-order chi connectivity index (χ1) is 8.25. The molecule has 0 aromatic carbocycles. The number of fused-ring (bicyclic) bond motifs is 1. The Morgan fingerprint density at radius 3 is 2.88 bits per heavy atom. The standard InChI is InChI=1S/C12H18N4O/c1-8-11-9(15-12(17)14-8)2-3-10(11)16-6-4-13-5-7-16/h10,13H,2-7H2,1H3,(H,14,15,17). The van der Waals surface area contributed by atoms with Gasteiger partial charge in [0.25, 0.3) is 0 Å². The third-order valence-electron chi connectivity index (χ3n) is 3.83. The first-order valence-corrected chi connectivity index (χ1v) is 6.30. The van der Waals surface area contributed by atoms with E-state index in [0.29, 0.717) is 6.04 Å². The fraction of sp³-hybridized carbons (Fsp3) is 0.667. The van der Waals surface area contributed by atoms with Crippen LogP contribution >= 0.6 is 0 Å². The molecule has 1 aromatic rings. The highest BCUT2D eigenvalue weighted by Gasteiger charge is 2.31. The van der Waals surface area contributed by atoms with Crippen molar-refractivity contribution in [2.45, 2.75) is 25.8 Å². The summed E-state index contributed by atoms with van der Waals surface area (Å²) in [6.45, 7) is 6.27. The lowest BCUT2D eigenvalue weighted by Crippen LogP contribution is -2.44. The molecule has 1 atom stereocenters. The van der Waals surface area contributed by atoms with Crippen molar-refractivity contribution in [2.75, 3.05) is 26.2 Å². The van der Waals surface area contributed by atoms with Gasteiger partial charge in [-0.2, -0.15) is 4.98 Å². The maximum Gasteiger partial charge on any atom is 0.345 e. The molecule has 0 bridgehead atoms. The summed E-state index contributed by atoms with van der Waals surface area (Å²) in [6, 6.07) is 0.455. The quantitative estimate of drug-likeness (QED) is 0.716. The van der Waals surface area contributed by atoms with E-state index in [-0.39, 0.29) is 5.69 Å². The average molecular weight is 234 g/mol. The molecule has 0 amide bonds. The van der Waals surface area contributed by atoms with Gasteiger partial charge in [-0.1, -0.05) is 0 Å². The van der Waals surface area contributed by atoms with Gasteiger partial charge in [0, 0.05) is 43.5 Å². The van der Waals surface area contributed by atoms with Crippen LogP contribution in [0.3, 0.4) is 0 Å². The number of aromatic nitrogens is 2. The normalized spacial score (nSPS) is 24.9. The summed E-state index contributed by atoms with van der Waals surface area (Å²) in [5, 5.41) is 3.37. The summed E-state index contributed by atoms with van der Waals surface area (Å²) < 4.78 is 0. The van der Waals surface area contributed by atoms with Gasteiger partial charge in [0.05, 0.1) is 5.69 Å². The predicted molar refractivity (Wildman–Crippen MR) is 65.1 cm³/mol. The first-order valence-electron chi connectivity index (χ1n) is 6.30. The van der Waals surface area contributed by atoms with E-state index in [2.05, 4.69) is 20.2 Å². The van der Waals surface area contributed by atoms with Crippen LogP contribution in [0.1, 0.15) is 29.4 Å². The van der Waals surface area contributed by atoms with Gasteiger partial charge in [0.2, 0.25) is 0 Å². The zero-order chi connectivity index (χ0) is 11.8. The Labute approximate surface area is 100 Å². The molecule has 2 aliphatic rings. The minimum atomic E-state index is -0.206. The molecule has 1 aromatic heterocycles. The van der Waals surface area contributed by atoms with Crippen molar-refractivity contribution in [3.05, 3.63) is 27.4 Å². The molecule has 0 saturated carbocycles. The van der Waals surface area contributed by atoms with Crippen LogP contribution in [-0.4, -0.2) is 41.0 Å². The minimum Gasteiger partial charge on any atom is -0.314 e. The van der Waals surface area contributed by atoms with Crippen LogP contribution in [0.2, 0.25) is 0 Å². The largest absolute Gasteiger partial charge is 0.345 e. The maximum atomic E-state index is 11.3. The van der Waals surface area contributed by atoms with Crippen LogP contribution in [0.5, 0.6) is 0 Å². The molecule has 1 saturated heterocycles. The summed E-state index contributed by atoms with van der Waals surface area (Å²) >= 11 is 0.